The lowest BCUT2D eigenvalue weighted by Gasteiger charge is -2.33. The molecule has 8 heteroatoms. The number of hydrogen-bond acceptors (Lipinski definition) is 5. The molecule has 0 aliphatic carbocycles. The topological polar surface area (TPSA) is 70.6 Å². The summed E-state index contributed by atoms with van der Waals surface area (Å²) in [5.41, 5.74) is 3.14. The van der Waals surface area contributed by atoms with Crippen LogP contribution in [0.4, 0.5) is 0 Å². The van der Waals surface area contributed by atoms with Crippen molar-refractivity contribution < 1.29 is 13.2 Å². The van der Waals surface area contributed by atoms with E-state index in [1.165, 1.54) is 11.3 Å². The van der Waals surface area contributed by atoms with E-state index in [0.29, 0.717) is 44.7 Å². The molecule has 27 heavy (non-hydrogen) atoms. The number of piperidine rings is 1. The molecular weight excluding hydrogens is 382 g/mol. The van der Waals surface area contributed by atoms with E-state index in [2.05, 4.69) is 4.98 Å². The van der Waals surface area contributed by atoms with Crippen molar-refractivity contribution in [2.75, 3.05) is 26.2 Å². The maximum Gasteiger partial charge on any atom is 0.273 e. The van der Waals surface area contributed by atoms with E-state index in [0.717, 1.165) is 23.3 Å². The number of thiazole rings is 1. The van der Waals surface area contributed by atoms with Crippen molar-refractivity contribution in [3.8, 4) is 10.4 Å². The van der Waals surface area contributed by atoms with Crippen molar-refractivity contribution in [2.45, 2.75) is 30.9 Å². The zero-order valence-corrected chi connectivity index (χ0v) is 16.7. The van der Waals surface area contributed by atoms with E-state index < -0.39 is 10.0 Å². The van der Waals surface area contributed by atoms with Crippen LogP contribution in [-0.2, 0) is 10.0 Å². The van der Waals surface area contributed by atoms with Crippen LogP contribution in [0.2, 0.25) is 0 Å². The molecule has 4 rings (SSSR count). The Morgan fingerprint density at radius 2 is 1.70 bits per heavy atom. The fourth-order valence-electron chi connectivity index (χ4n) is 3.85. The highest BCUT2D eigenvalue weighted by Crippen LogP contribution is 2.30. The Morgan fingerprint density at radius 1 is 1.04 bits per heavy atom. The van der Waals surface area contributed by atoms with Crippen LogP contribution in [0.15, 0.2) is 35.8 Å². The Hall–Kier alpha value is -1.77. The van der Waals surface area contributed by atoms with Gasteiger partial charge < -0.3 is 4.90 Å². The molecule has 2 fully saturated rings. The van der Waals surface area contributed by atoms with Gasteiger partial charge in [0.2, 0.25) is 10.0 Å². The molecule has 1 amide bonds. The first-order valence-corrected chi connectivity index (χ1v) is 11.7. The van der Waals surface area contributed by atoms with Gasteiger partial charge in [-0.1, -0.05) is 30.3 Å². The summed E-state index contributed by atoms with van der Waals surface area (Å²) in [6, 6.07) is 9.77. The molecule has 0 radical (unpaired) electrons. The number of carbonyl (C=O) groups is 1. The Balaban J connectivity index is 1.45. The maximum atomic E-state index is 13.0. The second-order valence-corrected chi connectivity index (χ2v) is 10.1. The van der Waals surface area contributed by atoms with Gasteiger partial charge in [-0.15, -0.1) is 11.3 Å². The quantitative estimate of drug-likeness (QED) is 0.784. The van der Waals surface area contributed by atoms with Crippen LogP contribution in [0.3, 0.4) is 0 Å². The number of carbonyl (C=O) groups excluding carboxylic acids is 1. The third-order valence-electron chi connectivity index (χ3n) is 5.38. The van der Waals surface area contributed by atoms with Gasteiger partial charge in [0.25, 0.3) is 5.91 Å². The van der Waals surface area contributed by atoms with Crippen LogP contribution in [0.1, 0.15) is 36.2 Å². The molecule has 0 N–H and O–H groups in total. The maximum absolute atomic E-state index is 13.0. The Bertz CT molecular complexity index is 897. The first kappa shape index (κ1) is 18.6. The van der Waals surface area contributed by atoms with Crippen LogP contribution in [0.5, 0.6) is 0 Å². The fourth-order valence-corrected chi connectivity index (χ4v) is 6.64. The van der Waals surface area contributed by atoms with Gasteiger partial charge in [0, 0.05) is 26.2 Å². The van der Waals surface area contributed by atoms with Crippen LogP contribution in [0.25, 0.3) is 10.4 Å². The fraction of sp³-hybridized carbons (Fsp3) is 0.474. The van der Waals surface area contributed by atoms with Crippen molar-refractivity contribution >= 4 is 27.3 Å². The van der Waals surface area contributed by atoms with Crippen LogP contribution in [-0.4, -0.2) is 59.9 Å². The number of nitrogens with zero attached hydrogens (tertiary/aromatic N) is 3. The van der Waals surface area contributed by atoms with Crippen LogP contribution >= 0.6 is 11.3 Å². The highest BCUT2D eigenvalue weighted by molar-refractivity contribution is 7.89. The van der Waals surface area contributed by atoms with Gasteiger partial charge in [-0.05, 0) is 31.2 Å². The minimum absolute atomic E-state index is 0.105. The Morgan fingerprint density at radius 3 is 2.37 bits per heavy atom. The van der Waals surface area contributed by atoms with Gasteiger partial charge in [0.05, 0.1) is 15.6 Å². The molecule has 2 aliphatic rings. The Kier molecular flexibility index (Phi) is 5.29. The molecule has 1 aromatic carbocycles. The van der Waals surface area contributed by atoms with Crippen molar-refractivity contribution in [3.05, 3.63) is 41.5 Å². The first-order chi connectivity index (χ1) is 13.1. The van der Waals surface area contributed by atoms with Crippen molar-refractivity contribution in [1.82, 2.24) is 14.2 Å². The number of rotatable bonds is 4. The summed E-state index contributed by atoms with van der Waals surface area (Å²) in [4.78, 5) is 19.9. The standard InChI is InChI=1S/C19H23N3O3S2/c23-19(17-18(26-14-20-17)15-6-2-1-3-7-15)21-12-8-16(9-13-21)27(24,25)22-10-4-5-11-22/h1-3,6-7,14,16H,4-5,8-13H2. The molecule has 0 atom stereocenters. The average molecular weight is 406 g/mol. The molecule has 0 saturated carbocycles. The van der Waals surface area contributed by atoms with E-state index in [1.54, 1.807) is 14.7 Å². The number of benzene rings is 1. The van der Waals surface area contributed by atoms with E-state index >= 15 is 0 Å². The highest BCUT2D eigenvalue weighted by Gasteiger charge is 2.37. The smallest absolute Gasteiger partial charge is 0.273 e. The molecule has 144 valence electrons. The van der Waals surface area contributed by atoms with Crippen molar-refractivity contribution in [2.24, 2.45) is 0 Å². The lowest BCUT2D eigenvalue weighted by molar-refractivity contribution is 0.0720. The summed E-state index contributed by atoms with van der Waals surface area (Å²) in [6.07, 6.45) is 2.88. The molecule has 2 saturated heterocycles. The second-order valence-electron chi connectivity index (χ2n) is 7.04. The molecular formula is C19H23N3O3S2. The van der Waals surface area contributed by atoms with Crippen molar-refractivity contribution in [3.63, 3.8) is 0 Å². The molecule has 0 spiro atoms. The van der Waals surface area contributed by atoms with Gasteiger partial charge in [0.15, 0.2) is 0 Å². The molecule has 3 heterocycles. The largest absolute Gasteiger partial charge is 0.337 e. The van der Waals surface area contributed by atoms with E-state index in [1.807, 2.05) is 30.3 Å². The van der Waals surface area contributed by atoms with Crippen molar-refractivity contribution in [1.29, 1.82) is 0 Å². The van der Waals surface area contributed by atoms with Gasteiger partial charge in [0.1, 0.15) is 5.69 Å². The van der Waals surface area contributed by atoms with E-state index in [-0.39, 0.29) is 11.2 Å². The normalized spacial score (nSPS) is 19.5. The van der Waals surface area contributed by atoms with Gasteiger partial charge in [-0.25, -0.2) is 17.7 Å². The lowest BCUT2D eigenvalue weighted by atomic mass is 10.1. The number of amides is 1. The van der Waals surface area contributed by atoms with Crippen LogP contribution < -0.4 is 0 Å². The van der Waals surface area contributed by atoms with Crippen LogP contribution in [0, 0.1) is 0 Å². The third-order valence-corrected chi connectivity index (χ3v) is 8.66. The molecule has 6 nitrogen and oxygen atoms in total. The zero-order chi connectivity index (χ0) is 18.9. The number of likely N-dealkylation sites (tertiary alicyclic amines) is 1. The summed E-state index contributed by atoms with van der Waals surface area (Å²) in [5.74, 6) is -0.105. The second kappa shape index (κ2) is 7.69. The molecule has 2 aliphatic heterocycles. The highest BCUT2D eigenvalue weighted by atomic mass is 32.2. The summed E-state index contributed by atoms with van der Waals surface area (Å²) in [5, 5.41) is -0.372. The summed E-state index contributed by atoms with van der Waals surface area (Å²) >= 11 is 1.46. The SMILES string of the molecule is O=C(c1ncsc1-c1ccccc1)N1CCC(S(=O)(=O)N2CCCC2)CC1. The number of aromatic nitrogens is 1. The number of sulfonamides is 1. The monoisotopic (exact) mass is 405 g/mol. The Labute approximate surface area is 163 Å². The van der Waals surface area contributed by atoms with Gasteiger partial charge in [-0.3, -0.25) is 4.79 Å². The minimum Gasteiger partial charge on any atom is -0.337 e. The van der Waals surface area contributed by atoms with E-state index in [9.17, 15) is 13.2 Å². The molecule has 0 bridgehead atoms. The third kappa shape index (κ3) is 3.66. The number of hydrogen-bond donors (Lipinski definition) is 0. The predicted octanol–water partition coefficient (Wildman–Crippen LogP) is 2.84. The average Bonchev–Trinajstić information content (AvgIpc) is 3.40. The summed E-state index contributed by atoms with van der Waals surface area (Å²) in [7, 11) is -3.23. The molecule has 2 aromatic rings. The summed E-state index contributed by atoms with van der Waals surface area (Å²) < 4.78 is 27.1. The van der Waals surface area contributed by atoms with Gasteiger partial charge >= 0.3 is 0 Å². The zero-order valence-electron chi connectivity index (χ0n) is 15.1. The van der Waals surface area contributed by atoms with Gasteiger partial charge in [-0.2, -0.15) is 0 Å². The minimum atomic E-state index is -3.23. The molecule has 0 unspecified atom stereocenters. The first-order valence-electron chi connectivity index (χ1n) is 9.34. The summed E-state index contributed by atoms with van der Waals surface area (Å²) in [6.45, 7) is 2.20. The lowest BCUT2D eigenvalue weighted by Crippen LogP contribution is -2.46. The predicted molar refractivity (Wildman–Crippen MR) is 106 cm³/mol. The van der Waals surface area contributed by atoms with E-state index in [4.69, 9.17) is 0 Å². The molecule has 1 aromatic heterocycles.